The number of amides is 1. The quantitative estimate of drug-likeness (QED) is 0.752. The summed E-state index contributed by atoms with van der Waals surface area (Å²) in [7, 11) is 0. The Kier molecular flexibility index (Phi) is 4.68. The zero-order valence-electron chi connectivity index (χ0n) is 13.0. The molecule has 3 aromatic rings. The molecule has 0 saturated heterocycles. The first-order valence-corrected chi connectivity index (χ1v) is 8.83. The number of nitrogens with zero attached hydrogens (tertiary/aromatic N) is 2. The molecule has 4 nitrogen and oxygen atoms in total. The number of aromatic nitrogens is 2. The van der Waals surface area contributed by atoms with E-state index in [-0.39, 0.29) is 11.9 Å². The third-order valence-corrected chi connectivity index (χ3v) is 4.93. The smallest absolute Gasteiger partial charge is 0.226 e. The Morgan fingerprint density at radius 2 is 2.13 bits per heavy atom. The summed E-state index contributed by atoms with van der Waals surface area (Å²) in [4.78, 5) is 17.6. The summed E-state index contributed by atoms with van der Waals surface area (Å²) in [6.45, 7) is 4.07. The number of halogens is 1. The van der Waals surface area contributed by atoms with E-state index in [1.54, 1.807) is 11.3 Å². The Labute approximate surface area is 144 Å². The van der Waals surface area contributed by atoms with Gasteiger partial charge < -0.3 is 5.32 Å². The highest BCUT2D eigenvalue weighted by Gasteiger charge is 2.13. The number of rotatable bonds is 5. The Bertz CT molecular complexity index is 822. The van der Waals surface area contributed by atoms with Gasteiger partial charge in [0.25, 0.3) is 0 Å². The van der Waals surface area contributed by atoms with Gasteiger partial charge in [0, 0.05) is 33.9 Å². The lowest BCUT2D eigenvalue weighted by molar-refractivity contribution is -0.121. The van der Waals surface area contributed by atoms with Crippen molar-refractivity contribution < 1.29 is 4.79 Å². The Balaban J connectivity index is 1.83. The van der Waals surface area contributed by atoms with E-state index in [0.717, 1.165) is 28.3 Å². The van der Waals surface area contributed by atoms with Crippen molar-refractivity contribution in [1.82, 2.24) is 14.7 Å². The fraction of sp³-hybridized carbons (Fsp3) is 0.294. The van der Waals surface area contributed by atoms with Crippen molar-refractivity contribution in [3.8, 4) is 11.3 Å². The van der Waals surface area contributed by atoms with E-state index >= 15 is 0 Å². The molecule has 23 heavy (non-hydrogen) atoms. The Morgan fingerprint density at radius 1 is 1.39 bits per heavy atom. The van der Waals surface area contributed by atoms with Crippen LogP contribution in [0.25, 0.3) is 16.2 Å². The van der Waals surface area contributed by atoms with Gasteiger partial charge in [-0.05, 0) is 25.5 Å². The molecule has 3 rings (SSSR count). The second kappa shape index (κ2) is 6.72. The number of carbonyl (C=O) groups excluding carboxylic acids is 1. The van der Waals surface area contributed by atoms with E-state index in [1.807, 2.05) is 47.2 Å². The topological polar surface area (TPSA) is 46.4 Å². The summed E-state index contributed by atoms with van der Waals surface area (Å²) in [5, 5.41) is 5.69. The summed E-state index contributed by atoms with van der Waals surface area (Å²) in [6.07, 6.45) is 3.26. The van der Waals surface area contributed by atoms with Crippen LogP contribution in [0.4, 0.5) is 0 Å². The molecular formula is C17H18ClN3OS. The van der Waals surface area contributed by atoms with Gasteiger partial charge in [0.15, 0.2) is 4.96 Å². The van der Waals surface area contributed by atoms with Gasteiger partial charge in [0.2, 0.25) is 5.91 Å². The number of benzene rings is 1. The normalized spacial score (nSPS) is 12.5. The molecule has 0 aliphatic rings. The standard InChI is InChI=1S/C17H18ClN3OS/c1-3-11(2)19-16(22)8-14-10-23-17-20-15(9-21(14)17)12-4-6-13(18)7-5-12/h4-7,9-11H,3,8H2,1-2H3,(H,19,22)/t11-/m0/s1. The number of nitrogens with one attached hydrogen (secondary N) is 1. The molecular weight excluding hydrogens is 330 g/mol. The second-order valence-electron chi connectivity index (χ2n) is 5.57. The Hall–Kier alpha value is -1.85. The van der Waals surface area contributed by atoms with Gasteiger partial charge in [-0.1, -0.05) is 30.7 Å². The maximum atomic E-state index is 12.1. The molecule has 6 heteroatoms. The van der Waals surface area contributed by atoms with E-state index in [4.69, 9.17) is 11.6 Å². The minimum absolute atomic E-state index is 0.0424. The van der Waals surface area contributed by atoms with E-state index in [0.29, 0.717) is 11.4 Å². The number of thiazole rings is 1. The van der Waals surface area contributed by atoms with Gasteiger partial charge in [0.05, 0.1) is 12.1 Å². The van der Waals surface area contributed by atoms with Crippen LogP contribution in [0, 0.1) is 0 Å². The summed E-state index contributed by atoms with van der Waals surface area (Å²) >= 11 is 7.47. The molecule has 0 aliphatic carbocycles. The predicted octanol–water partition coefficient (Wildman–Crippen LogP) is 4.17. The highest BCUT2D eigenvalue weighted by atomic mass is 35.5. The van der Waals surface area contributed by atoms with Crippen molar-refractivity contribution in [2.75, 3.05) is 0 Å². The van der Waals surface area contributed by atoms with Crippen molar-refractivity contribution in [2.45, 2.75) is 32.7 Å². The molecule has 0 unspecified atom stereocenters. The van der Waals surface area contributed by atoms with Crippen LogP contribution in [0.3, 0.4) is 0 Å². The van der Waals surface area contributed by atoms with Crippen molar-refractivity contribution in [3.05, 3.63) is 46.6 Å². The molecule has 1 N–H and O–H groups in total. The number of carbonyl (C=O) groups is 1. The molecule has 2 heterocycles. The van der Waals surface area contributed by atoms with Crippen LogP contribution in [-0.4, -0.2) is 21.3 Å². The fourth-order valence-electron chi connectivity index (χ4n) is 2.31. The fourth-order valence-corrected chi connectivity index (χ4v) is 3.31. The highest BCUT2D eigenvalue weighted by molar-refractivity contribution is 7.15. The second-order valence-corrected chi connectivity index (χ2v) is 6.84. The van der Waals surface area contributed by atoms with Gasteiger partial charge in [0.1, 0.15) is 0 Å². The van der Waals surface area contributed by atoms with Gasteiger partial charge in [-0.2, -0.15) is 0 Å². The molecule has 1 amide bonds. The van der Waals surface area contributed by atoms with Crippen LogP contribution in [0.2, 0.25) is 5.02 Å². The molecule has 0 fully saturated rings. The zero-order valence-corrected chi connectivity index (χ0v) is 14.6. The van der Waals surface area contributed by atoms with Gasteiger partial charge in [-0.25, -0.2) is 4.98 Å². The van der Waals surface area contributed by atoms with E-state index in [1.165, 1.54) is 0 Å². The lowest BCUT2D eigenvalue weighted by atomic mass is 10.2. The highest BCUT2D eigenvalue weighted by Crippen LogP contribution is 2.25. The maximum absolute atomic E-state index is 12.1. The molecule has 0 radical (unpaired) electrons. The first-order valence-electron chi connectivity index (χ1n) is 7.57. The molecule has 2 aromatic heterocycles. The molecule has 120 valence electrons. The van der Waals surface area contributed by atoms with E-state index in [2.05, 4.69) is 17.2 Å². The first-order chi connectivity index (χ1) is 11.1. The first kappa shape index (κ1) is 16.0. The Morgan fingerprint density at radius 3 is 2.83 bits per heavy atom. The third kappa shape index (κ3) is 3.57. The average molecular weight is 348 g/mol. The zero-order chi connectivity index (χ0) is 16.4. The predicted molar refractivity (Wildman–Crippen MR) is 95.1 cm³/mol. The van der Waals surface area contributed by atoms with Crippen LogP contribution in [0.15, 0.2) is 35.8 Å². The summed E-state index contributed by atoms with van der Waals surface area (Å²) in [5.41, 5.74) is 2.86. The van der Waals surface area contributed by atoms with E-state index in [9.17, 15) is 4.79 Å². The van der Waals surface area contributed by atoms with Gasteiger partial charge in [-0.15, -0.1) is 11.3 Å². The minimum Gasteiger partial charge on any atom is -0.353 e. The monoisotopic (exact) mass is 347 g/mol. The van der Waals surface area contributed by atoms with Gasteiger partial charge in [-0.3, -0.25) is 9.20 Å². The van der Waals surface area contributed by atoms with Crippen molar-refractivity contribution in [2.24, 2.45) is 0 Å². The largest absolute Gasteiger partial charge is 0.353 e. The maximum Gasteiger partial charge on any atom is 0.226 e. The summed E-state index contributed by atoms with van der Waals surface area (Å²) in [5.74, 6) is 0.0424. The van der Waals surface area contributed by atoms with E-state index < -0.39 is 0 Å². The summed E-state index contributed by atoms with van der Waals surface area (Å²) < 4.78 is 1.99. The molecule has 0 bridgehead atoms. The van der Waals surface area contributed by atoms with Gasteiger partial charge >= 0.3 is 0 Å². The SMILES string of the molecule is CC[C@H](C)NC(=O)Cc1csc2nc(-c3ccc(Cl)cc3)cn12. The molecule has 1 aromatic carbocycles. The van der Waals surface area contributed by atoms with Crippen molar-refractivity contribution >= 4 is 33.8 Å². The number of fused-ring (bicyclic) bond motifs is 1. The lowest BCUT2D eigenvalue weighted by Gasteiger charge is -2.10. The van der Waals surface area contributed by atoms with Crippen LogP contribution >= 0.6 is 22.9 Å². The molecule has 0 spiro atoms. The van der Waals surface area contributed by atoms with Crippen molar-refractivity contribution in [1.29, 1.82) is 0 Å². The molecule has 0 aliphatic heterocycles. The average Bonchev–Trinajstić information content (AvgIpc) is 3.10. The van der Waals surface area contributed by atoms with Crippen molar-refractivity contribution in [3.63, 3.8) is 0 Å². The summed E-state index contributed by atoms with van der Waals surface area (Å²) in [6, 6.07) is 7.80. The number of imidazole rings is 1. The number of hydrogen-bond donors (Lipinski definition) is 1. The number of hydrogen-bond acceptors (Lipinski definition) is 3. The third-order valence-electron chi connectivity index (χ3n) is 3.78. The molecule has 1 atom stereocenters. The van der Waals surface area contributed by atoms with Crippen LogP contribution in [0.1, 0.15) is 26.0 Å². The molecule has 0 saturated carbocycles. The van der Waals surface area contributed by atoms with Crippen LogP contribution in [-0.2, 0) is 11.2 Å². The van der Waals surface area contributed by atoms with Crippen LogP contribution in [0.5, 0.6) is 0 Å². The van der Waals surface area contributed by atoms with Crippen LogP contribution < -0.4 is 5.32 Å². The lowest BCUT2D eigenvalue weighted by Crippen LogP contribution is -2.33. The minimum atomic E-state index is 0.0424.